The Morgan fingerprint density at radius 1 is 1.06 bits per heavy atom. The Labute approximate surface area is 118 Å². The fraction of sp³-hybridized carbons (Fsp3) is 1.00. The van der Waals surface area contributed by atoms with E-state index in [0.717, 1.165) is 13.1 Å². The van der Waals surface area contributed by atoms with Gasteiger partial charge in [-0.25, -0.2) is 0 Å². The van der Waals surface area contributed by atoms with Crippen LogP contribution in [0.2, 0.25) is 0 Å². The second-order valence-corrected chi connectivity index (χ2v) is 4.14. The molecule has 2 N–H and O–H groups in total. The first-order valence-corrected chi connectivity index (χ1v) is 7.73. The molecule has 0 aromatic heterocycles. The van der Waals surface area contributed by atoms with E-state index in [1.165, 1.54) is 19.3 Å². The number of hydrogen-bond donors (Lipinski definition) is 0. The van der Waals surface area contributed by atoms with Crippen molar-refractivity contribution in [3.63, 3.8) is 0 Å². The number of nitrogens with zero attached hydrogens (tertiary/aromatic N) is 2. The molecule has 0 heterocycles. The summed E-state index contributed by atoms with van der Waals surface area (Å²) >= 11 is -1.91. The van der Waals surface area contributed by atoms with Crippen molar-refractivity contribution in [1.29, 1.82) is 0 Å². The summed E-state index contributed by atoms with van der Waals surface area (Å²) in [5.41, 5.74) is 14.0. The third-order valence-corrected chi connectivity index (χ3v) is 2.28. The molecule has 0 radical (unpaired) electrons. The van der Waals surface area contributed by atoms with Crippen LogP contribution in [0.5, 0.6) is 0 Å². The monoisotopic (exact) mass is 341 g/mol. The molecule has 0 saturated carbocycles. The van der Waals surface area contributed by atoms with Crippen molar-refractivity contribution in [3.8, 4) is 0 Å². The molecule has 0 unspecified atom stereocenters. The Morgan fingerprint density at radius 3 is 1.83 bits per heavy atom. The summed E-state index contributed by atoms with van der Waals surface area (Å²) in [5.74, 6) is 0.544. The number of rotatable bonds is 11. The molecule has 0 rings (SSSR count). The van der Waals surface area contributed by atoms with Crippen molar-refractivity contribution < 1.29 is 24.6 Å². The molecule has 0 spiro atoms. The van der Waals surface area contributed by atoms with E-state index in [2.05, 4.69) is 17.6 Å². The van der Waals surface area contributed by atoms with Gasteiger partial charge in [-0.2, -0.15) is 26.2 Å². The van der Waals surface area contributed by atoms with Gasteiger partial charge in [-0.3, -0.25) is 0 Å². The van der Waals surface area contributed by atoms with Gasteiger partial charge in [0.15, 0.2) is 0 Å². The Morgan fingerprint density at radius 2 is 1.50 bits per heavy atom. The maximum absolute atomic E-state index is 8.48. The van der Waals surface area contributed by atoms with Gasteiger partial charge in [0.1, 0.15) is 0 Å². The molecule has 6 nitrogen and oxygen atoms in total. The van der Waals surface area contributed by atoms with Crippen LogP contribution in [0, 0.1) is 5.92 Å². The fourth-order valence-corrected chi connectivity index (χ4v) is 1.44. The van der Waals surface area contributed by atoms with Crippen LogP contribution in [-0.2, 0) is 24.6 Å². The summed E-state index contributed by atoms with van der Waals surface area (Å²) in [5, 5.41) is 8.65. The maximum atomic E-state index is 8.48. The van der Waals surface area contributed by atoms with E-state index in [0.29, 0.717) is 32.1 Å². The zero-order chi connectivity index (χ0) is 14.1. The van der Waals surface area contributed by atoms with Crippen molar-refractivity contribution in [3.05, 3.63) is 22.1 Å². The molecule has 0 bridgehead atoms. The van der Waals surface area contributed by atoms with Crippen LogP contribution in [0.15, 0.2) is 0 Å². The van der Waals surface area contributed by atoms with Crippen LogP contribution >= 0.6 is 0 Å². The molecule has 0 atom stereocenters. The Bertz CT molecular complexity index is 180. The van der Waals surface area contributed by atoms with Crippen molar-refractivity contribution in [2.45, 2.75) is 26.2 Å². The number of hydrogen-bond acceptors (Lipinski definition) is 2. The molecule has 0 saturated heterocycles. The molecule has 0 aliphatic rings. The van der Waals surface area contributed by atoms with E-state index in [1.807, 2.05) is 0 Å². The Hall–Kier alpha value is 0.0894. The molecule has 110 valence electrons. The van der Waals surface area contributed by atoms with E-state index in [1.54, 1.807) is 0 Å². The van der Waals surface area contributed by atoms with Gasteiger partial charge in [0.25, 0.3) is 0 Å². The molecule has 0 aliphatic heterocycles. The van der Waals surface area contributed by atoms with Gasteiger partial charge in [0.2, 0.25) is 0 Å². The summed E-state index contributed by atoms with van der Waals surface area (Å²) in [6.45, 7) is 5.98. The minimum atomic E-state index is -1.91. The summed E-state index contributed by atoms with van der Waals surface area (Å²) in [7, 11) is 0. The Kier molecular flexibility index (Phi) is 22.0. The van der Waals surface area contributed by atoms with Gasteiger partial charge < -0.3 is 22.1 Å². The standard InChI is InChI=1S/C11H24N4.2O.Tc/c1-2-3-4-11(9-14-7-5-12)10-15-8-6-13;;;/h11-13H,2-10H2,1H3;;;/q-4;;;+1. The van der Waals surface area contributed by atoms with E-state index >= 15 is 0 Å². The van der Waals surface area contributed by atoms with Gasteiger partial charge in [0.05, 0.1) is 0 Å². The van der Waals surface area contributed by atoms with E-state index in [-0.39, 0.29) is 0 Å². The molecule has 0 amide bonds. The van der Waals surface area contributed by atoms with Crippen LogP contribution in [-0.4, -0.2) is 39.3 Å². The molecule has 7 heteroatoms. The van der Waals surface area contributed by atoms with Crippen LogP contribution in [0.3, 0.4) is 0 Å². The van der Waals surface area contributed by atoms with Crippen molar-refractivity contribution >= 4 is 0 Å². The minimum absolute atomic E-state index is 0.393. The summed E-state index contributed by atoms with van der Waals surface area (Å²) in [4.78, 5) is 0. The molecule has 18 heavy (non-hydrogen) atoms. The summed E-state index contributed by atoms with van der Waals surface area (Å²) in [6.07, 6.45) is 3.63. The van der Waals surface area contributed by atoms with Gasteiger partial charge >= 0.3 is 24.6 Å². The second-order valence-electron chi connectivity index (χ2n) is 3.83. The quantitative estimate of drug-likeness (QED) is 0.536. The molecule has 0 aromatic rings. The fourth-order valence-electron chi connectivity index (χ4n) is 1.44. The first kappa shape index (κ1) is 20.4. The molecule has 0 aromatic carbocycles. The first-order chi connectivity index (χ1) is 8.76. The summed E-state index contributed by atoms with van der Waals surface area (Å²) < 4.78 is 17.0. The van der Waals surface area contributed by atoms with Gasteiger partial charge in [-0.05, 0) is 0 Å². The van der Waals surface area contributed by atoms with E-state index < -0.39 is 17.6 Å². The summed E-state index contributed by atoms with van der Waals surface area (Å²) in [6, 6.07) is 0. The zero-order valence-electron chi connectivity index (χ0n) is 11.0. The molecule has 0 fully saturated rings. The van der Waals surface area contributed by atoms with Crippen LogP contribution < -0.4 is 0 Å². The van der Waals surface area contributed by atoms with Crippen molar-refractivity contribution in [2.75, 3.05) is 39.3 Å². The normalized spacial score (nSPS) is 10.0. The zero-order valence-corrected chi connectivity index (χ0v) is 12.9. The average Bonchev–Trinajstić information content (AvgIpc) is 2.36. The molecular weight excluding hydrogens is 318 g/mol. The van der Waals surface area contributed by atoms with Crippen LogP contribution in [0.25, 0.3) is 22.1 Å². The molecular formula is C11H24N4O2Tc-3. The third-order valence-electron chi connectivity index (χ3n) is 2.28. The number of nitrogens with one attached hydrogen (secondary N) is 2. The van der Waals surface area contributed by atoms with Gasteiger partial charge in [0, 0.05) is 0 Å². The van der Waals surface area contributed by atoms with E-state index in [4.69, 9.17) is 18.5 Å². The molecule has 0 aliphatic carbocycles. The third kappa shape index (κ3) is 18.5. The predicted octanol–water partition coefficient (Wildman–Crippen LogP) is 3.40. The van der Waals surface area contributed by atoms with Crippen molar-refractivity contribution in [2.24, 2.45) is 5.92 Å². The van der Waals surface area contributed by atoms with E-state index in [9.17, 15) is 0 Å². The topological polar surface area (TPSA) is 110 Å². The Balaban J connectivity index is 0. The average molecular weight is 342 g/mol. The first-order valence-electron chi connectivity index (χ1n) is 6.21. The number of unbranched alkanes of at least 4 members (excludes halogenated alkanes) is 1. The second kappa shape index (κ2) is 19.4. The SMILES string of the molecule is CCCCC(C[N-]CC[NH-])C[N-]CC[NH-].[O]=[Tc+]=[O]. The van der Waals surface area contributed by atoms with Crippen LogP contribution in [0.1, 0.15) is 26.2 Å². The van der Waals surface area contributed by atoms with Crippen molar-refractivity contribution in [1.82, 2.24) is 0 Å². The van der Waals surface area contributed by atoms with Gasteiger partial charge in [-0.15, -0.1) is 13.1 Å². The van der Waals surface area contributed by atoms with Crippen LogP contribution in [0.4, 0.5) is 0 Å². The van der Waals surface area contributed by atoms with Gasteiger partial charge in [-0.1, -0.05) is 32.1 Å². The predicted molar refractivity (Wildman–Crippen MR) is 69.0 cm³/mol.